The quantitative estimate of drug-likeness (QED) is 0.777. The fourth-order valence-electron chi connectivity index (χ4n) is 2.29. The summed E-state index contributed by atoms with van der Waals surface area (Å²) in [7, 11) is 1.42. The minimum Gasteiger partial charge on any atom is -0.434 e. The normalized spacial score (nSPS) is 11.7. The smallest absolute Gasteiger partial charge is 0.416 e. The second-order valence-corrected chi connectivity index (χ2v) is 5.95. The number of alkyl halides is 3. The number of carbonyl (C=O) groups excluding carboxylic acids is 1. The fraction of sp³-hybridized carbons (Fsp3) is 0.333. The lowest BCUT2D eigenvalue weighted by Crippen LogP contribution is -2.23. The number of nitrogens with zero attached hydrogens (tertiary/aromatic N) is 2. The fourth-order valence-corrected chi connectivity index (χ4v) is 2.85. The summed E-state index contributed by atoms with van der Waals surface area (Å²) >= 11 is 11.8. The zero-order chi connectivity index (χ0) is 19.6. The van der Waals surface area contributed by atoms with Crippen LogP contribution in [-0.4, -0.2) is 22.9 Å². The van der Waals surface area contributed by atoms with Gasteiger partial charge in [0.25, 0.3) is 0 Å². The summed E-state index contributed by atoms with van der Waals surface area (Å²) in [4.78, 5) is 11.6. The third-order valence-corrected chi connectivity index (χ3v) is 3.98. The Bertz CT molecular complexity index is 815. The van der Waals surface area contributed by atoms with Crippen molar-refractivity contribution in [1.29, 1.82) is 0 Å². The van der Waals surface area contributed by atoms with Crippen molar-refractivity contribution >= 4 is 29.2 Å². The first-order chi connectivity index (χ1) is 12.1. The average Bonchev–Trinajstić information content (AvgIpc) is 2.87. The minimum absolute atomic E-state index is 0.0248. The van der Waals surface area contributed by atoms with Crippen molar-refractivity contribution in [3.8, 4) is 11.6 Å². The Morgan fingerprint density at radius 2 is 1.88 bits per heavy atom. The van der Waals surface area contributed by atoms with Crippen LogP contribution in [0.25, 0.3) is 0 Å². The van der Waals surface area contributed by atoms with Crippen molar-refractivity contribution in [1.82, 2.24) is 9.78 Å². The van der Waals surface area contributed by atoms with E-state index in [0.29, 0.717) is 29.8 Å². The lowest BCUT2D eigenvalue weighted by molar-refractivity contribution is -0.137. The number of ether oxygens (including phenoxy) is 2. The van der Waals surface area contributed by atoms with Crippen molar-refractivity contribution in [2.24, 2.45) is 5.73 Å². The maximum atomic E-state index is 12.8. The van der Waals surface area contributed by atoms with E-state index in [9.17, 15) is 18.0 Å². The molecule has 0 fully saturated rings. The first kappa shape index (κ1) is 20.3. The first-order valence-corrected chi connectivity index (χ1v) is 7.99. The second-order valence-electron chi connectivity index (χ2n) is 5.14. The van der Waals surface area contributed by atoms with Gasteiger partial charge in [-0.15, -0.1) is 5.10 Å². The Labute approximate surface area is 156 Å². The van der Waals surface area contributed by atoms with Gasteiger partial charge in [0.15, 0.2) is 5.75 Å². The molecule has 2 aromatic rings. The van der Waals surface area contributed by atoms with E-state index in [1.807, 2.05) is 0 Å². The van der Waals surface area contributed by atoms with Crippen LogP contribution in [0.4, 0.5) is 18.0 Å². The first-order valence-electron chi connectivity index (χ1n) is 7.23. The van der Waals surface area contributed by atoms with E-state index in [4.69, 9.17) is 38.4 Å². The number of rotatable bonds is 5. The van der Waals surface area contributed by atoms with Gasteiger partial charge in [-0.05, 0) is 18.6 Å². The number of aromatic nitrogens is 2. The summed E-state index contributed by atoms with van der Waals surface area (Å²) in [5.41, 5.74) is 5.10. The molecule has 0 atom stereocenters. The summed E-state index contributed by atoms with van der Waals surface area (Å²) in [5.74, 6) is -0.268. The molecule has 0 spiro atoms. The maximum Gasteiger partial charge on any atom is 0.416 e. The van der Waals surface area contributed by atoms with Crippen molar-refractivity contribution in [2.75, 3.05) is 7.11 Å². The SMILES string of the molecule is CCc1c(Oc2c(Cl)cc(C(F)(F)F)cc2Cl)nn(C(N)=O)c1COC. The molecule has 2 rings (SSSR count). The van der Waals surface area contributed by atoms with Gasteiger partial charge in [-0.1, -0.05) is 30.1 Å². The van der Waals surface area contributed by atoms with Crippen LogP contribution in [0.5, 0.6) is 11.6 Å². The van der Waals surface area contributed by atoms with E-state index >= 15 is 0 Å². The summed E-state index contributed by atoms with van der Waals surface area (Å²) in [6.07, 6.45) is -4.23. The van der Waals surface area contributed by atoms with Gasteiger partial charge in [-0.2, -0.15) is 17.9 Å². The van der Waals surface area contributed by atoms with Gasteiger partial charge in [0.2, 0.25) is 5.88 Å². The highest BCUT2D eigenvalue weighted by molar-refractivity contribution is 6.37. The molecule has 1 aromatic carbocycles. The van der Waals surface area contributed by atoms with Crippen LogP contribution in [0.3, 0.4) is 0 Å². The number of halogens is 5. The summed E-state index contributed by atoms with van der Waals surface area (Å²) < 4.78 is 49.9. The highest BCUT2D eigenvalue weighted by Gasteiger charge is 2.32. The number of hydrogen-bond acceptors (Lipinski definition) is 4. The van der Waals surface area contributed by atoms with Crippen molar-refractivity contribution in [3.05, 3.63) is 39.0 Å². The van der Waals surface area contributed by atoms with E-state index in [0.717, 1.165) is 4.68 Å². The molecule has 0 aliphatic heterocycles. The predicted octanol–water partition coefficient (Wildman–Crippen LogP) is 4.64. The van der Waals surface area contributed by atoms with Crippen LogP contribution in [0.15, 0.2) is 12.1 Å². The number of benzene rings is 1. The zero-order valence-electron chi connectivity index (χ0n) is 13.7. The molecular formula is C15H14Cl2F3N3O3. The molecule has 0 unspecified atom stereocenters. The minimum atomic E-state index is -4.61. The Morgan fingerprint density at radius 3 is 2.31 bits per heavy atom. The molecule has 0 aliphatic carbocycles. The van der Waals surface area contributed by atoms with E-state index in [-0.39, 0.29) is 28.3 Å². The number of methoxy groups -OCH3 is 1. The van der Waals surface area contributed by atoms with Gasteiger partial charge in [-0.3, -0.25) is 0 Å². The van der Waals surface area contributed by atoms with E-state index in [1.165, 1.54) is 7.11 Å². The van der Waals surface area contributed by atoms with Crippen LogP contribution in [0.2, 0.25) is 10.0 Å². The number of carbonyl (C=O) groups is 1. The Hall–Kier alpha value is -1.97. The van der Waals surface area contributed by atoms with E-state index < -0.39 is 17.8 Å². The molecule has 1 amide bonds. The molecule has 0 aliphatic rings. The lowest BCUT2D eigenvalue weighted by Gasteiger charge is -2.12. The summed E-state index contributed by atoms with van der Waals surface area (Å²) in [6.45, 7) is 1.79. The highest BCUT2D eigenvalue weighted by atomic mass is 35.5. The van der Waals surface area contributed by atoms with Gasteiger partial charge in [0.05, 0.1) is 27.9 Å². The van der Waals surface area contributed by atoms with Gasteiger partial charge < -0.3 is 15.2 Å². The van der Waals surface area contributed by atoms with E-state index in [2.05, 4.69) is 5.10 Å². The molecule has 142 valence electrons. The topological polar surface area (TPSA) is 79.4 Å². The molecule has 1 heterocycles. The van der Waals surface area contributed by atoms with Crippen LogP contribution < -0.4 is 10.5 Å². The predicted molar refractivity (Wildman–Crippen MR) is 88.8 cm³/mol. The standard InChI is InChI=1S/C15H14Cl2F3N3O3/c1-3-8-11(6-25-2)23(14(21)24)22-13(8)26-12-9(16)4-7(5-10(12)17)15(18,19)20/h4-5H,3,6H2,1-2H3,(H2,21,24). The number of primary amides is 1. The second kappa shape index (κ2) is 7.73. The van der Waals surface area contributed by atoms with Crippen LogP contribution in [-0.2, 0) is 23.9 Å². The van der Waals surface area contributed by atoms with Gasteiger partial charge >= 0.3 is 12.2 Å². The molecule has 0 radical (unpaired) electrons. The van der Waals surface area contributed by atoms with Crippen molar-refractivity contribution in [3.63, 3.8) is 0 Å². The molecular weight excluding hydrogens is 398 g/mol. The third-order valence-electron chi connectivity index (χ3n) is 3.42. The molecule has 0 saturated carbocycles. The number of nitrogens with two attached hydrogens (primary N) is 1. The molecule has 11 heteroatoms. The average molecular weight is 412 g/mol. The molecule has 26 heavy (non-hydrogen) atoms. The van der Waals surface area contributed by atoms with Crippen LogP contribution in [0.1, 0.15) is 23.7 Å². The largest absolute Gasteiger partial charge is 0.434 e. The molecule has 1 aromatic heterocycles. The monoisotopic (exact) mass is 411 g/mol. The molecule has 0 saturated heterocycles. The van der Waals surface area contributed by atoms with Gasteiger partial charge in [-0.25, -0.2) is 4.79 Å². The van der Waals surface area contributed by atoms with Crippen LogP contribution >= 0.6 is 23.2 Å². The Balaban J connectivity index is 2.52. The zero-order valence-corrected chi connectivity index (χ0v) is 15.2. The molecule has 2 N–H and O–H groups in total. The number of amides is 1. The Kier molecular flexibility index (Phi) is 6.05. The van der Waals surface area contributed by atoms with Gasteiger partial charge in [0, 0.05) is 12.7 Å². The van der Waals surface area contributed by atoms with Gasteiger partial charge in [0.1, 0.15) is 0 Å². The number of hydrogen-bond donors (Lipinski definition) is 1. The molecule has 0 bridgehead atoms. The maximum absolute atomic E-state index is 12.8. The third kappa shape index (κ3) is 4.05. The van der Waals surface area contributed by atoms with E-state index in [1.54, 1.807) is 6.92 Å². The van der Waals surface area contributed by atoms with Crippen molar-refractivity contribution < 1.29 is 27.4 Å². The molecule has 6 nitrogen and oxygen atoms in total. The highest BCUT2D eigenvalue weighted by Crippen LogP contribution is 2.42. The lowest BCUT2D eigenvalue weighted by atomic mass is 10.2. The van der Waals surface area contributed by atoms with Crippen LogP contribution in [0, 0.1) is 0 Å². The van der Waals surface area contributed by atoms with Crippen molar-refractivity contribution in [2.45, 2.75) is 26.1 Å². The summed E-state index contributed by atoms with van der Waals surface area (Å²) in [6, 6.07) is 0.511. The Morgan fingerprint density at radius 1 is 1.31 bits per heavy atom. The summed E-state index contributed by atoms with van der Waals surface area (Å²) in [5, 5.41) is 3.24.